The van der Waals surface area contributed by atoms with Gasteiger partial charge in [-0.2, -0.15) is 0 Å². The quantitative estimate of drug-likeness (QED) is 0.924. The van der Waals surface area contributed by atoms with Crippen molar-refractivity contribution in [3.63, 3.8) is 0 Å². The molecule has 0 bridgehead atoms. The first-order chi connectivity index (χ1) is 9.04. The van der Waals surface area contributed by atoms with Gasteiger partial charge < -0.3 is 5.32 Å². The number of anilines is 1. The molecular weight excluding hydrogens is 271 g/mol. The second-order valence-electron chi connectivity index (χ2n) is 4.41. The van der Waals surface area contributed by atoms with E-state index in [1.165, 1.54) is 12.1 Å². The molecule has 4 nitrogen and oxygen atoms in total. The fourth-order valence-corrected chi connectivity index (χ4v) is 2.27. The number of nitrogens with zero attached hydrogens (tertiary/aromatic N) is 1. The van der Waals surface area contributed by atoms with Crippen molar-refractivity contribution in [2.75, 3.05) is 11.4 Å². The van der Waals surface area contributed by atoms with Crippen LogP contribution in [0.2, 0.25) is 5.02 Å². The van der Waals surface area contributed by atoms with Gasteiger partial charge in [-0.15, -0.1) is 0 Å². The molecule has 1 atom stereocenters. The first-order valence-electron chi connectivity index (χ1n) is 6.09. The number of halogens is 2. The number of hydrogen-bond acceptors (Lipinski definition) is 2. The highest BCUT2D eigenvalue weighted by atomic mass is 35.5. The molecule has 0 aliphatic carbocycles. The Balaban J connectivity index is 2.34. The highest BCUT2D eigenvalue weighted by molar-refractivity contribution is 6.31. The topological polar surface area (TPSA) is 49.4 Å². The number of carbonyl (C=O) groups is 2. The Morgan fingerprint density at radius 1 is 1.47 bits per heavy atom. The summed E-state index contributed by atoms with van der Waals surface area (Å²) in [4.78, 5) is 25.0. The van der Waals surface area contributed by atoms with Gasteiger partial charge in [-0.3, -0.25) is 14.5 Å². The number of piperazine rings is 1. The fraction of sp³-hybridized carbons (Fsp3) is 0.385. The van der Waals surface area contributed by atoms with E-state index in [0.717, 1.165) is 11.3 Å². The Hall–Kier alpha value is -1.62. The van der Waals surface area contributed by atoms with Gasteiger partial charge in [0.25, 0.3) is 0 Å². The van der Waals surface area contributed by atoms with E-state index in [1.54, 1.807) is 6.07 Å². The van der Waals surface area contributed by atoms with Gasteiger partial charge in [0.1, 0.15) is 12.6 Å². The third kappa shape index (κ3) is 2.71. The lowest BCUT2D eigenvalue weighted by atomic mass is 10.1. The lowest BCUT2D eigenvalue weighted by Gasteiger charge is -2.32. The van der Waals surface area contributed by atoms with Crippen molar-refractivity contribution in [1.82, 2.24) is 5.32 Å². The van der Waals surface area contributed by atoms with E-state index in [9.17, 15) is 14.0 Å². The van der Waals surface area contributed by atoms with Crippen LogP contribution in [-0.2, 0) is 9.59 Å². The summed E-state index contributed by atoms with van der Waals surface area (Å²) in [7, 11) is 0. The van der Waals surface area contributed by atoms with Crippen molar-refractivity contribution in [3.8, 4) is 0 Å². The predicted octanol–water partition coefficient (Wildman–Crippen LogP) is 2.11. The maximum Gasteiger partial charge on any atom is 0.250 e. The molecule has 1 heterocycles. The van der Waals surface area contributed by atoms with Crippen LogP contribution in [0.1, 0.15) is 19.8 Å². The molecule has 19 heavy (non-hydrogen) atoms. The predicted molar refractivity (Wildman–Crippen MR) is 70.6 cm³/mol. The highest BCUT2D eigenvalue weighted by Crippen LogP contribution is 2.27. The van der Waals surface area contributed by atoms with Gasteiger partial charge in [0.2, 0.25) is 11.8 Å². The monoisotopic (exact) mass is 284 g/mol. The van der Waals surface area contributed by atoms with Crippen LogP contribution >= 0.6 is 11.6 Å². The molecule has 6 heteroatoms. The molecule has 0 saturated carbocycles. The molecule has 2 amide bonds. The Morgan fingerprint density at radius 3 is 2.89 bits per heavy atom. The first-order valence-corrected chi connectivity index (χ1v) is 6.47. The zero-order valence-electron chi connectivity index (χ0n) is 10.5. The lowest BCUT2D eigenvalue weighted by molar-refractivity contribution is -0.131. The van der Waals surface area contributed by atoms with Gasteiger partial charge in [0.05, 0.1) is 10.7 Å². The standard InChI is InChI=1S/C13H14ClFN2O2/c1-2-4-9-13(19)17(7-11(18)16-9)10-6-3-5-8(14)12(10)15/h3,5-6,9H,2,4,7H2,1H3,(H,16,18). The van der Waals surface area contributed by atoms with Crippen molar-refractivity contribution < 1.29 is 14.0 Å². The average Bonchev–Trinajstić information content (AvgIpc) is 2.37. The molecule has 1 N–H and O–H groups in total. The molecular formula is C13H14ClFN2O2. The fourth-order valence-electron chi connectivity index (χ4n) is 2.10. The van der Waals surface area contributed by atoms with Gasteiger partial charge in [0, 0.05) is 0 Å². The highest BCUT2D eigenvalue weighted by Gasteiger charge is 2.34. The zero-order valence-corrected chi connectivity index (χ0v) is 11.2. The molecule has 1 aliphatic heterocycles. The van der Waals surface area contributed by atoms with Crippen LogP contribution in [-0.4, -0.2) is 24.4 Å². The largest absolute Gasteiger partial charge is 0.343 e. The summed E-state index contributed by atoms with van der Waals surface area (Å²) in [5.74, 6) is -1.28. The number of benzene rings is 1. The van der Waals surface area contributed by atoms with Crippen molar-refractivity contribution >= 4 is 29.1 Å². The third-order valence-corrected chi connectivity index (χ3v) is 3.29. The SMILES string of the molecule is CCCC1NC(=O)CN(c2cccc(Cl)c2F)C1=O. The van der Waals surface area contributed by atoms with Crippen LogP contribution in [0.15, 0.2) is 18.2 Å². The number of carbonyl (C=O) groups excluding carboxylic acids is 2. The summed E-state index contributed by atoms with van der Waals surface area (Å²) < 4.78 is 13.9. The number of nitrogens with one attached hydrogen (secondary N) is 1. The van der Waals surface area contributed by atoms with Crippen LogP contribution in [0.25, 0.3) is 0 Å². The molecule has 1 fully saturated rings. The molecule has 1 unspecified atom stereocenters. The smallest absolute Gasteiger partial charge is 0.250 e. The summed E-state index contributed by atoms with van der Waals surface area (Å²) in [6.07, 6.45) is 1.28. The zero-order chi connectivity index (χ0) is 14.0. The molecule has 102 valence electrons. The van der Waals surface area contributed by atoms with E-state index >= 15 is 0 Å². The minimum atomic E-state index is -0.678. The number of rotatable bonds is 3. The minimum absolute atomic E-state index is 0.0495. The molecule has 1 saturated heterocycles. The van der Waals surface area contributed by atoms with Gasteiger partial charge in [-0.1, -0.05) is 31.0 Å². The summed E-state index contributed by atoms with van der Waals surface area (Å²) in [5, 5.41) is 2.55. The van der Waals surface area contributed by atoms with E-state index in [1.807, 2.05) is 6.92 Å². The maximum atomic E-state index is 13.9. The van der Waals surface area contributed by atoms with E-state index in [-0.39, 0.29) is 29.1 Å². The van der Waals surface area contributed by atoms with Crippen LogP contribution in [0.3, 0.4) is 0 Å². The maximum absolute atomic E-state index is 13.9. The molecule has 0 aromatic heterocycles. The molecule has 1 aromatic carbocycles. The van der Waals surface area contributed by atoms with Crippen molar-refractivity contribution in [1.29, 1.82) is 0 Å². The molecule has 1 aliphatic rings. The van der Waals surface area contributed by atoms with Gasteiger partial charge in [0.15, 0.2) is 5.82 Å². The second-order valence-corrected chi connectivity index (χ2v) is 4.81. The van der Waals surface area contributed by atoms with Crippen molar-refractivity contribution in [2.24, 2.45) is 0 Å². The van der Waals surface area contributed by atoms with Gasteiger partial charge in [-0.05, 0) is 18.6 Å². The summed E-state index contributed by atoms with van der Waals surface area (Å²) in [6.45, 7) is 1.73. The van der Waals surface area contributed by atoms with E-state index in [0.29, 0.717) is 6.42 Å². The lowest BCUT2D eigenvalue weighted by Crippen LogP contribution is -2.58. The van der Waals surface area contributed by atoms with E-state index in [4.69, 9.17) is 11.6 Å². The summed E-state index contributed by atoms with van der Waals surface area (Å²) >= 11 is 5.70. The number of amides is 2. The third-order valence-electron chi connectivity index (χ3n) is 3.00. The molecule has 0 radical (unpaired) electrons. The second kappa shape index (κ2) is 5.57. The number of hydrogen-bond donors (Lipinski definition) is 1. The van der Waals surface area contributed by atoms with Crippen LogP contribution in [0.5, 0.6) is 0 Å². The Kier molecular flexibility index (Phi) is 4.04. The van der Waals surface area contributed by atoms with Crippen molar-refractivity contribution in [2.45, 2.75) is 25.8 Å². The molecule has 0 spiro atoms. The normalized spacial score (nSPS) is 19.5. The van der Waals surface area contributed by atoms with Crippen LogP contribution in [0.4, 0.5) is 10.1 Å². The van der Waals surface area contributed by atoms with Crippen LogP contribution in [0, 0.1) is 5.82 Å². The first kappa shape index (κ1) is 13.8. The Morgan fingerprint density at radius 2 is 2.21 bits per heavy atom. The van der Waals surface area contributed by atoms with Gasteiger partial charge >= 0.3 is 0 Å². The van der Waals surface area contributed by atoms with Crippen molar-refractivity contribution in [3.05, 3.63) is 29.0 Å². The Bertz CT molecular complexity index is 521. The molecule has 2 rings (SSSR count). The minimum Gasteiger partial charge on any atom is -0.343 e. The summed E-state index contributed by atoms with van der Waals surface area (Å²) in [6, 6.07) is 3.80. The van der Waals surface area contributed by atoms with Crippen LogP contribution < -0.4 is 10.2 Å². The van der Waals surface area contributed by atoms with E-state index in [2.05, 4.69) is 5.32 Å². The van der Waals surface area contributed by atoms with Gasteiger partial charge in [-0.25, -0.2) is 4.39 Å². The Labute approximate surface area is 115 Å². The molecule has 1 aromatic rings. The average molecular weight is 285 g/mol. The van der Waals surface area contributed by atoms with E-state index < -0.39 is 11.9 Å². The summed E-state index contributed by atoms with van der Waals surface area (Å²) in [5.41, 5.74) is 0.0495.